The van der Waals surface area contributed by atoms with E-state index in [1.807, 2.05) is 18.2 Å². The molecule has 1 rings (SSSR count). The molecular formula is C13H19F3N2O. The number of methoxy groups -OCH3 is 1. The second-order valence-corrected chi connectivity index (χ2v) is 4.52. The summed E-state index contributed by atoms with van der Waals surface area (Å²) in [7, 11) is 3.20. The van der Waals surface area contributed by atoms with Gasteiger partial charge in [0.05, 0.1) is 13.0 Å². The van der Waals surface area contributed by atoms with E-state index in [1.165, 1.54) is 0 Å². The zero-order valence-corrected chi connectivity index (χ0v) is 11.1. The number of ether oxygens (including phenoxy) is 1. The Morgan fingerprint density at radius 3 is 2.58 bits per heavy atom. The first-order valence-corrected chi connectivity index (χ1v) is 5.95. The molecule has 3 nitrogen and oxygen atoms in total. The summed E-state index contributed by atoms with van der Waals surface area (Å²) >= 11 is 0. The molecule has 0 aliphatic rings. The topological polar surface area (TPSA) is 38.5 Å². The largest absolute Gasteiger partial charge is 0.497 e. The van der Waals surface area contributed by atoms with Crippen molar-refractivity contribution in [3.63, 3.8) is 0 Å². The van der Waals surface area contributed by atoms with Crippen molar-refractivity contribution in [2.75, 3.05) is 27.2 Å². The Morgan fingerprint density at radius 2 is 2.05 bits per heavy atom. The first-order chi connectivity index (χ1) is 8.86. The summed E-state index contributed by atoms with van der Waals surface area (Å²) in [5.41, 5.74) is 6.08. The lowest BCUT2D eigenvalue weighted by Gasteiger charge is -2.25. The lowest BCUT2D eigenvalue weighted by Crippen LogP contribution is -2.39. The highest BCUT2D eigenvalue weighted by Gasteiger charge is 2.38. The Balaban J connectivity index is 2.61. The Labute approximate surface area is 111 Å². The summed E-state index contributed by atoms with van der Waals surface area (Å²) in [5, 5.41) is 0. The molecule has 1 aromatic rings. The average Bonchev–Trinajstić information content (AvgIpc) is 2.34. The highest BCUT2D eigenvalue weighted by Crippen LogP contribution is 2.26. The number of nitrogens with two attached hydrogens (primary N) is 1. The maximum atomic E-state index is 12.6. The van der Waals surface area contributed by atoms with Crippen LogP contribution in [0.5, 0.6) is 5.75 Å². The molecule has 0 heterocycles. The highest BCUT2D eigenvalue weighted by atomic mass is 19.4. The zero-order valence-electron chi connectivity index (χ0n) is 11.1. The fraction of sp³-hybridized carbons (Fsp3) is 0.538. The third-order valence-electron chi connectivity index (χ3n) is 2.87. The van der Waals surface area contributed by atoms with Crippen LogP contribution in [-0.4, -0.2) is 38.3 Å². The third-order valence-corrected chi connectivity index (χ3v) is 2.87. The van der Waals surface area contributed by atoms with Crippen molar-refractivity contribution in [3.05, 3.63) is 29.8 Å². The lowest BCUT2D eigenvalue weighted by molar-refractivity contribution is -0.175. The van der Waals surface area contributed by atoms with Gasteiger partial charge in [0.15, 0.2) is 0 Å². The van der Waals surface area contributed by atoms with Crippen LogP contribution in [0.1, 0.15) is 5.56 Å². The van der Waals surface area contributed by atoms with Gasteiger partial charge >= 0.3 is 6.18 Å². The standard InChI is InChI=1S/C13H19F3N2O/c1-18(9-11(7-17)13(14,15)16)8-10-4-3-5-12(6-10)19-2/h3-6,11H,7-9,17H2,1-2H3. The molecule has 0 spiro atoms. The van der Waals surface area contributed by atoms with Gasteiger partial charge in [0.25, 0.3) is 0 Å². The zero-order chi connectivity index (χ0) is 14.5. The van der Waals surface area contributed by atoms with Gasteiger partial charge < -0.3 is 15.4 Å². The second-order valence-electron chi connectivity index (χ2n) is 4.52. The van der Waals surface area contributed by atoms with Crippen molar-refractivity contribution in [1.82, 2.24) is 4.90 Å². The third kappa shape index (κ3) is 5.08. The molecule has 6 heteroatoms. The normalized spacial score (nSPS) is 13.6. The molecule has 0 radical (unpaired) electrons. The van der Waals surface area contributed by atoms with Crippen LogP contribution in [0, 0.1) is 5.92 Å². The van der Waals surface area contributed by atoms with Gasteiger partial charge in [-0.15, -0.1) is 0 Å². The monoisotopic (exact) mass is 276 g/mol. The van der Waals surface area contributed by atoms with E-state index in [0.29, 0.717) is 12.3 Å². The molecule has 0 amide bonds. The van der Waals surface area contributed by atoms with E-state index in [0.717, 1.165) is 5.56 Å². The first kappa shape index (κ1) is 15.8. The molecule has 0 aliphatic heterocycles. The van der Waals surface area contributed by atoms with Crippen LogP contribution in [0.15, 0.2) is 24.3 Å². The number of benzene rings is 1. The maximum absolute atomic E-state index is 12.6. The minimum absolute atomic E-state index is 0.114. The van der Waals surface area contributed by atoms with Crippen molar-refractivity contribution in [3.8, 4) is 5.75 Å². The summed E-state index contributed by atoms with van der Waals surface area (Å²) in [6.07, 6.45) is -4.25. The number of alkyl halides is 3. The number of rotatable bonds is 6. The molecule has 1 unspecified atom stereocenters. The van der Waals surface area contributed by atoms with Gasteiger partial charge in [0, 0.05) is 19.6 Å². The summed E-state index contributed by atoms with van der Waals surface area (Å²) in [4.78, 5) is 1.61. The Hall–Kier alpha value is -1.27. The Bertz CT molecular complexity index is 396. The van der Waals surface area contributed by atoms with Crippen LogP contribution in [0.3, 0.4) is 0 Å². The smallest absolute Gasteiger partial charge is 0.394 e. The SMILES string of the molecule is COc1cccc(CN(C)CC(CN)C(F)(F)F)c1. The van der Waals surface area contributed by atoms with Crippen LogP contribution in [-0.2, 0) is 6.54 Å². The molecule has 0 aromatic heterocycles. The maximum Gasteiger partial charge on any atom is 0.394 e. The molecule has 108 valence electrons. The van der Waals surface area contributed by atoms with E-state index >= 15 is 0 Å². The van der Waals surface area contributed by atoms with Gasteiger partial charge in [-0.25, -0.2) is 0 Å². The average molecular weight is 276 g/mol. The van der Waals surface area contributed by atoms with Crippen LogP contribution >= 0.6 is 0 Å². The number of halogens is 3. The Morgan fingerprint density at radius 1 is 1.37 bits per heavy atom. The number of hydrogen-bond donors (Lipinski definition) is 1. The minimum Gasteiger partial charge on any atom is -0.497 e. The van der Waals surface area contributed by atoms with Gasteiger partial charge in [-0.3, -0.25) is 0 Å². The van der Waals surface area contributed by atoms with E-state index in [-0.39, 0.29) is 6.54 Å². The fourth-order valence-electron chi connectivity index (χ4n) is 1.83. The summed E-state index contributed by atoms with van der Waals surface area (Å²) in [5.74, 6) is -0.805. The lowest BCUT2D eigenvalue weighted by atomic mass is 10.1. The second kappa shape index (κ2) is 6.77. The molecule has 0 saturated heterocycles. The van der Waals surface area contributed by atoms with E-state index in [1.54, 1.807) is 25.1 Å². The van der Waals surface area contributed by atoms with Gasteiger partial charge in [0.1, 0.15) is 5.75 Å². The van der Waals surface area contributed by atoms with Crippen LogP contribution in [0.2, 0.25) is 0 Å². The van der Waals surface area contributed by atoms with E-state index in [9.17, 15) is 13.2 Å². The van der Waals surface area contributed by atoms with Crippen LogP contribution in [0.25, 0.3) is 0 Å². The molecule has 0 bridgehead atoms. The van der Waals surface area contributed by atoms with Crippen LogP contribution < -0.4 is 10.5 Å². The molecular weight excluding hydrogens is 257 g/mol. The molecule has 19 heavy (non-hydrogen) atoms. The van der Waals surface area contributed by atoms with Gasteiger partial charge in [-0.2, -0.15) is 13.2 Å². The molecule has 0 saturated carbocycles. The van der Waals surface area contributed by atoms with E-state index < -0.39 is 18.6 Å². The van der Waals surface area contributed by atoms with Crippen molar-refractivity contribution < 1.29 is 17.9 Å². The molecule has 1 atom stereocenters. The predicted molar refractivity (Wildman–Crippen MR) is 67.9 cm³/mol. The van der Waals surface area contributed by atoms with Crippen molar-refractivity contribution in [1.29, 1.82) is 0 Å². The highest BCUT2D eigenvalue weighted by molar-refractivity contribution is 5.28. The van der Waals surface area contributed by atoms with E-state index in [4.69, 9.17) is 10.5 Å². The van der Waals surface area contributed by atoms with Crippen molar-refractivity contribution in [2.24, 2.45) is 11.7 Å². The van der Waals surface area contributed by atoms with Crippen LogP contribution in [0.4, 0.5) is 13.2 Å². The predicted octanol–water partition coefficient (Wildman–Crippen LogP) is 2.26. The molecule has 0 fully saturated rings. The molecule has 2 N–H and O–H groups in total. The summed E-state index contributed by atoms with van der Waals surface area (Å²) < 4.78 is 42.9. The van der Waals surface area contributed by atoms with Crippen molar-refractivity contribution >= 4 is 0 Å². The Kier molecular flexibility index (Phi) is 5.62. The van der Waals surface area contributed by atoms with E-state index in [2.05, 4.69) is 0 Å². The molecule has 0 aliphatic carbocycles. The van der Waals surface area contributed by atoms with Crippen molar-refractivity contribution in [2.45, 2.75) is 12.7 Å². The van der Waals surface area contributed by atoms with Gasteiger partial charge in [0.2, 0.25) is 0 Å². The number of hydrogen-bond acceptors (Lipinski definition) is 3. The fourth-order valence-corrected chi connectivity index (χ4v) is 1.83. The minimum atomic E-state index is -4.25. The summed E-state index contributed by atoms with van der Waals surface area (Å²) in [6.45, 7) is -0.0903. The number of nitrogens with zero attached hydrogens (tertiary/aromatic N) is 1. The quantitative estimate of drug-likeness (QED) is 0.866. The molecule has 1 aromatic carbocycles. The van der Waals surface area contributed by atoms with Gasteiger partial charge in [-0.05, 0) is 24.7 Å². The van der Waals surface area contributed by atoms with Gasteiger partial charge in [-0.1, -0.05) is 12.1 Å². The summed E-state index contributed by atoms with van der Waals surface area (Å²) in [6, 6.07) is 7.26. The first-order valence-electron chi connectivity index (χ1n) is 5.95.